The maximum atomic E-state index is 2.36. The number of hydrogen-bond acceptors (Lipinski definition) is 1. The molecule has 82 valence electrons. The van der Waals surface area contributed by atoms with Crippen molar-refractivity contribution in [2.24, 2.45) is 5.41 Å². The van der Waals surface area contributed by atoms with E-state index in [9.17, 15) is 0 Å². The summed E-state index contributed by atoms with van der Waals surface area (Å²) in [7, 11) is 0. The Labute approximate surface area is 93.5 Å². The van der Waals surface area contributed by atoms with E-state index in [-0.39, 0.29) is 0 Å². The Bertz CT molecular complexity index is 220. The largest absolute Gasteiger partial charge is 0.158 e. The van der Waals surface area contributed by atoms with Crippen molar-refractivity contribution < 1.29 is 0 Å². The summed E-state index contributed by atoms with van der Waals surface area (Å²) >= 11 is 1.99. The van der Waals surface area contributed by atoms with Crippen molar-refractivity contribution >= 4 is 11.8 Å². The third kappa shape index (κ3) is 2.79. The van der Waals surface area contributed by atoms with Crippen LogP contribution in [0.5, 0.6) is 0 Å². The van der Waals surface area contributed by atoms with Gasteiger partial charge in [-0.3, -0.25) is 0 Å². The van der Waals surface area contributed by atoms with E-state index < -0.39 is 0 Å². The van der Waals surface area contributed by atoms with Gasteiger partial charge in [-0.15, -0.1) is 0 Å². The van der Waals surface area contributed by atoms with Gasteiger partial charge in [0, 0.05) is 5.25 Å². The normalized spacial score (nSPS) is 21.2. The second-order valence-electron chi connectivity index (χ2n) is 5.34. The fourth-order valence-electron chi connectivity index (χ4n) is 2.38. The lowest BCUT2D eigenvalue weighted by Crippen LogP contribution is -2.19. The van der Waals surface area contributed by atoms with Crippen LogP contribution in [0.2, 0.25) is 0 Å². The van der Waals surface area contributed by atoms with Crippen molar-refractivity contribution in [3.05, 3.63) is 11.1 Å². The zero-order valence-electron chi connectivity index (χ0n) is 10.3. The second kappa shape index (κ2) is 4.74. The first-order chi connectivity index (χ1) is 6.46. The van der Waals surface area contributed by atoms with E-state index in [0.29, 0.717) is 5.41 Å². The Kier molecular flexibility index (Phi) is 4.12. The SMILES string of the molecule is CSC(C)C1=C(C(C)(C)C)CCCC1. The molecule has 1 atom stereocenters. The molecule has 0 radical (unpaired) electrons. The molecule has 1 unspecified atom stereocenters. The van der Waals surface area contributed by atoms with Crippen molar-refractivity contribution in [2.45, 2.75) is 58.6 Å². The molecule has 1 rings (SSSR count). The van der Waals surface area contributed by atoms with Crippen molar-refractivity contribution in [1.82, 2.24) is 0 Å². The summed E-state index contributed by atoms with van der Waals surface area (Å²) in [5.41, 5.74) is 3.88. The molecule has 0 fully saturated rings. The topological polar surface area (TPSA) is 0 Å². The summed E-state index contributed by atoms with van der Waals surface area (Å²) in [5.74, 6) is 0. The first kappa shape index (κ1) is 12.2. The molecule has 14 heavy (non-hydrogen) atoms. The Balaban J connectivity index is 2.97. The monoisotopic (exact) mass is 212 g/mol. The number of thioether (sulfide) groups is 1. The van der Waals surface area contributed by atoms with Gasteiger partial charge < -0.3 is 0 Å². The minimum atomic E-state index is 0.389. The summed E-state index contributed by atoms with van der Waals surface area (Å²) in [4.78, 5) is 0. The van der Waals surface area contributed by atoms with Gasteiger partial charge in [-0.2, -0.15) is 11.8 Å². The Morgan fingerprint density at radius 2 is 1.71 bits per heavy atom. The lowest BCUT2D eigenvalue weighted by atomic mass is 9.76. The van der Waals surface area contributed by atoms with E-state index in [1.807, 2.05) is 11.8 Å². The van der Waals surface area contributed by atoms with Crippen LogP contribution in [0.25, 0.3) is 0 Å². The predicted molar refractivity (Wildman–Crippen MR) is 67.9 cm³/mol. The third-order valence-corrected chi connectivity index (χ3v) is 4.25. The number of allylic oxidation sites excluding steroid dienone is 1. The molecule has 0 nitrogen and oxygen atoms in total. The molecule has 0 N–H and O–H groups in total. The number of hydrogen-bond donors (Lipinski definition) is 0. The van der Waals surface area contributed by atoms with Gasteiger partial charge in [0.25, 0.3) is 0 Å². The molecule has 1 aliphatic rings. The molecule has 0 aromatic rings. The molecule has 0 saturated carbocycles. The molecule has 0 aromatic heterocycles. The molecule has 0 saturated heterocycles. The highest BCUT2D eigenvalue weighted by Gasteiger charge is 2.25. The van der Waals surface area contributed by atoms with Crippen molar-refractivity contribution in [3.8, 4) is 0 Å². The van der Waals surface area contributed by atoms with E-state index in [4.69, 9.17) is 0 Å². The molecule has 1 aliphatic carbocycles. The molecular weight excluding hydrogens is 188 g/mol. The Morgan fingerprint density at radius 1 is 1.14 bits per heavy atom. The molecule has 0 heterocycles. The minimum Gasteiger partial charge on any atom is -0.158 e. The summed E-state index contributed by atoms with van der Waals surface area (Å²) in [6, 6.07) is 0. The van der Waals surface area contributed by atoms with Gasteiger partial charge in [-0.1, -0.05) is 31.9 Å². The van der Waals surface area contributed by atoms with Gasteiger partial charge in [0.15, 0.2) is 0 Å². The van der Waals surface area contributed by atoms with E-state index in [0.717, 1.165) is 5.25 Å². The Morgan fingerprint density at radius 3 is 2.21 bits per heavy atom. The molecular formula is C13H24S. The van der Waals surface area contributed by atoms with Crippen LogP contribution in [-0.4, -0.2) is 11.5 Å². The quantitative estimate of drug-likeness (QED) is 0.600. The fraction of sp³-hybridized carbons (Fsp3) is 0.846. The molecule has 0 aliphatic heterocycles. The Hall–Kier alpha value is 0.0900. The highest BCUT2D eigenvalue weighted by molar-refractivity contribution is 7.99. The van der Waals surface area contributed by atoms with Crippen LogP contribution in [0.1, 0.15) is 53.4 Å². The highest BCUT2D eigenvalue weighted by atomic mass is 32.2. The summed E-state index contributed by atoms with van der Waals surface area (Å²) in [6.07, 6.45) is 7.71. The zero-order valence-corrected chi connectivity index (χ0v) is 11.1. The first-order valence-corrected chi connectivity index (χ1v) is 7.00. The maximum Gasteiger partial charge on any atom is 0.0228 e. The van der Waals surface area contributed by atoms with Crippen LogP contribution in [0, 0.1) is 5.41 Å². The van der Waals surface area contributed by atoms with Crippen LogP contribution in [0.4, 0.5) is 0 Å². The van der Waals surface area contributed by atoms with Gasteiger partial charge in [0.05, 0.1) is 0 Å². The van der Waals surface area contributed by atoms with Gasteiger partial charge >= 0.3 is 0 Å². The van der Waals surface area contributed by atoms with Crippen LogP contribution in [0.15, 0.2) is 11.1 Å². The van der Waals surface area contributed by atoms with E-state index in [1.54, 1.807) is 11.1 Å². The average Bonchev–Trinajstić information content (AvgIpc) is 2.15. The van der Waals surface area contributed by atoms with Crippen molar-refractivity contribution in [2.75, 3.05) is 6.26 Å². The summed E-state index contributed by atoms with van der Waals surface area (Å²) in [5, 5.41) is 0.726. The van der Waals surface area contributed by atoms with Crippen LogP contribution >= 0.6 is 11.8 Å². The standard InChI is InChI=1S/C13H24S/c1-10(14-5)11-8-6-7-9-12(11)13(2,3)4/h10H,6-9H2,1-5H3. The van der Waals surface area contributed by atoms with Gasteiger partial charge in [-0.05, 0) is 44.3 Å². The van der Waals surface area contributed by atoms with Crippen LogP contribution in [0.3, 0.4) is 0 Å². The zero-order chi connectivity index (χ0) is 10.8. The smallest absolute Gasteiger partial charge is 0.0228 e. The maximum absolute atomic E-state index is 2.36. The highest BCUT2D eigenvalue weighted by Crippen LogP contribution is 2.40. The van der Waals surface area contributed by atoms with Crippen LogP contribution < -0.4 is 0 Å². The molecule has 0 amide bonds. The van der Waals surface area contributed by atoms with Crippen LogP contribution in [-0.2, 0) is 0 Å². The van der Waals surface area contributed by atoms with Crippen molar-refractivity contribution in [1.29, 1.82) is 0 Å². The van der Waals surface area contributed by atoms with Gasteiger partial charge in [-0.25, -0.2) is 0 Å². The van der Waals surface area contributed by atoms with E-state index in [1.165, 1.54) is 25.7 Å². The van der Waals surface area contributed by atoms with Gasteiger partial charge in [0.2, 0.25) is 0 Å². The molecule has 0 aromatic carbocycles. The third-order valence-electron chi connectivity index (χ3n) is 3.26. The van der Waals surface area contributed by atoms with E-state index in [2.05, 4.69) is 34.0 Å². The molecule has 1 heteroatoms. The number of rotatable bonds is 2. The lowest BCUT2D eigenvalue weighted by Gasteiger charge is -2.32. The summed E-state index contributed by atoms with van der Waals surface area (Å²) in [6.45, 7) is 9.44. The average molecular weight is 212 g/mol. The minimum absolute atomic E-state index is 0.389. The van der Waals surface area contributed by atoms with E-state index >= 15 is 0 Å². The summed E-state index contributed by atoms with van der Waals surface area (Å²) < 4.78 is 0. The second-order valence-corrected chi connectivity index (χ2v) is 6.52. The fourth-order valence-corrected chi connectivity index (χ4v) is 2.92. The molecule has 0 spiro atoms. The van der Waals surface area contributed by atoms with Crippen molar-refractivity contribution in [3.63, 3.8) is 0 Å². The van der Waals surface area contributed by atoms with Gasteiger partial charge in [0.1, 0.15) is 0 Å². The first-order valence-electron chi connectivity index (χ1n) is 5.72. The lowest BCUT2D eigenvalue weighted by molar-refractivity contribution is 0.447. The molecule has 0 bridgehead atoms. The predicted octanol–water partition coefficient (Wildman–Crippen LogP) is 4.65.